The molecule has 0 aliphatic heterocycles. The summed E-state index contributed by atoms with van der Waals surface area (Å²) in [6.45, 7) is 6.71. The molecule has 1 N–H and O–H groups in total. The Morgan fingerprint density at radius 2 is 2.13 bits per heavy atom. The molecule has 0 aliphatic rings. The lowest BCUT2D eigenvalue weighted by Gasteiger charge is -2.09. The Kier molecular flexibility index (Phi) is 4.15. The fraction of sp³-hybridized carbons (Fsp3) is 0.417. The lowest BCUT2D eigenvalue weighted by Crippen LogP contribution is -2.27. The van der Waals surface area contributed by atoms with E-state index in [9.17, 15) is 4.79 Å². The van der Waals surface area contributed by atoms with E-state index in [2.05, 4.69) is 19.2 Å². The van der Waals surface area contributed by atoms with Crippen molar-refractivity contribution in [2.24, 2.45) is 5.92 Å². The van der Waals surface area contributed by atoms with Crippen LogP contribution < -0.4 is 5.32 Å². The van der Waals surface area contributed by atoms with Crippen LogP contribution in [0.25, 0.3) is 0 Å². The quantitative estimate of drug-likeness (QED) is 0.842. The van der Waals surface area contributed by atoms with Crippen molar-refractivity contribution in [1.82, 2.24) is 5.32 Å². The second-order valence-electron chi connectivity index (χ2n) is 4.06. The summed E-state index contributed by atoms with van der Waals surface area (Å²) in [5, 5.41) is 3.54. The molecule has 0 bridgehead atoms. The third kappa shape index (κ3) is 3.56. The van der Waals surface area contributed by atoms with Gasteiger partial charge in [-0.15, -0.1) is 0 Å². The van der Waals surface area contributed by atoms with Gasteiger partial charge < -0.3 is 5.32 Å². The molecule has 0 spiro atoms. The summed E-state index contributed by atoms with van der Waals surface area (Å²) >= 11 is 5.82. The van der Waals surface area contributed by atoms with Gasteiger partial charge in [0.2, 0.25) is 0 Å². The van der Waals surface area contributed by atoms with E-state index in [1.165, 1.54) is 0 Å². The van der Waals surface area contributed by atoms with Crippen LogP contribution in [0.2, 0.25) is 5.02 Å². The van der Waals surface area contributed by atoms with Gasteiger partial charge in [-0.05, 0) is 36.6 Å². The largest absolute Gasteiger partial charge is 0.352 e. The van der Waals surface area contributed by atoms with Crippen molar-refractivity contribution < 1.29 is 4.79 Å². The average molecular weight is 226 g/mol. The molecule has 0 heterocycles. The molecular weight excluding hydrogens is 210 g/mol. The van der Waals surface area contributed by atoms with Crippen LogP contribution in [0, 0.1) is 12.8 Å². The molecule has 82 valence electrons. The van der Waals surface area contributed by atoms with E-state index in [0.717, 1.165) is 5.56 Å². The van der Waals surface area contributed by atoms with Crippen molar-refractivity contribution in [2.45, 2.75) is 20.8 Å². The second kappa shape index (κ2) is 5.17. The van der Waals surface area contributed by atoms with Crippen LogP contribution in [0.4, 0.5) is 0 Å². The Bertz CT molecular complexity index is 361. The number of aryl methyl sites for hydroxylation is 1. The number of amides is 1. The lowest BCUT2D eigenvalue weighted by atomic mass is 10.1. The lowest BCUT2D eigenvalue weighted by molar-refractivity contribution is 0.0948. The molecule has 0 aliphatic carbocycles. The van der Waals surface area contributed by atoms with Crippen molar-refractivity contribution in [3.05, 3.63) is 34.3 Å². The van der Waals surface area contributed by atoms with Crippen LogP contribution in [-0.4, -0.2) is 12.5 Å². The maximum absolute atomic E-state index is 11.7. The Labute approximate surface area is 95.6 Å². The molecule has 1 amide bonds. The minimum absolute atomic E-state index is 0.0298. The Hall–Kier alpha value is -1.02. The van der Waals surface area contributed by atoms with E-state index in [4.69, 9.17) is 11.6 Å². The smallest absolute Gasteiger partial charge is 0.251 e. The van der Waals surface area contributed by atoms with Crippen LogP contribution >= 0.6 is 11.6 Å². The number of hydrogen-bond donors (Lipinski definition) is 1. The number of rotatable bonds is 3. The first-order valence-corrected chi connectivity index (χ1v) is 5.43. The molecule has 15 heavy (non-hydrogen) atoms. The topological polar surface area (TPSA) is 29.1 Å². The minimum atomic E-state index is -0.0298. The zero-order chi connectivity index (χ0) is 11.4. The summed E-state index contributed by atoms with van der Waals surface area (Å²) in [4.78, 5) is 11.7. The normalized spacial score (nSPS) is 10.5. The second-order valence-corrected chi connectivity index (χ2v) is 4.50. The van der Waals surface area contributed by atoms with Crippen LogP contribution in [0.1, 0.15) is 29.8 Å². The van der Waals surface area contributed by atoms with Crippen molar-refractivity contribution in [1.29, 1.82) is 0 Å². The van der Waals surface area contributed by atoms with Crippen molar-refractivity contribution >= 4 is 17.5 Å². The first-order valence-electron chi connectivity index (χ1n) is 5.05. The van der Waals surface area contributed by atoms with Crippen LogP contribution in [0.5, 0.6) is 0 Å². The maximum Gasteiger partial charge on any atom is 0.251 e. The molecule has 0 saturated heterocycles. The highest BCUT2D eigenvalue weighted by Gasteiger charge is 2.08. The van der Waals surface area contributed by atoms with Crippen molar-refractivity contribution in [2.75, 3.05) is 6.54 Å². The predicted octanol–water partition coefficient (Wildman–Crippen LogP) is 3.03. The van der Waals surface area contributed by atoms with Gasteiger partial charge in [-0.2, -0.15) is 0 Å². The highest BCUT2D eigenvalue weighted by atomic mass is 35.5. The summed E-state index contributed by atoms with van der Waals surface area (Å²) in [5.41, 5.74) is 1.60. The van der Waals surface area contributed by atoms with E-state index < -0.39 is 0 Å². The van der Waals surface area contributed by atoms with Crippen LogP contribution in [-0.2, 0) is 0 Å². The Balaban J connectivity index is 2.74. The molecule has 0 aromatic heterocycles. The van der Waals surface area contributed by atoms with Crippen LogP contribution in [0.3, 0.4) is 0 Å². The first-order chi connectivity index (χ1) is 7.00. The third-order valence-electron chi connectivity index (χ3n) is 2.10. The molecule has 0 unspecified atom stereocenters. The fourth-order valence-corrected chi connectivity index (χ4v) is 1.50. The molecule has 0 atom stereocenters. The third-order valence-corrected chi connectivity index (χ3v) is 2.34. The summed E-state index contributed by atoms with van der Waals surface area (Å²) in [6, 6.07) is 5.29. The number of carbonyl (C=O) groups is 1. The van der Waals surface area contributed by atoms with E-state index >= 15 is 0 Å². The van der Waals surface area contributed by atoms with E-state index in [1.54, 1.807) is 18.2 Å². The van der Waals surface area contributed by atoms with Gasteiger partial charge in [0.05, 0.1) is 0 Å². The zero-order valence-electron chi connectivity index (χ0n) is 9.30. The molecule has 1 rings (SSSR count). The average Bonchev–Trinajstić information content (AvgIpc) is 2.14. The number of nitrogens with one attached hydrogen (secondary N) is 1. The number of carbonyl (C=O) groups excluding carboxylic acids is 1. The van der Waals surface area contributed by atoms with E-state index in [0.29, 0.717) is 23.0 Å². The molecule has 1 aromatic rings. The van der Waals surface area contributed by atoms with Gasteiger partial charge in [0.1, 0.15) is 0 Å². The van der Waals surface area contributed by atoms with Crippen LogP contribution in [0.15, 0.2) is 18.2 Å². The minimum Gasteiger partial charge on any atom is -0.352 e. The summed E-state index contributed by atoms with van der Waals surface area (Å²) in [7, 11) is 0. The first kappa shape index (κ1) is 12.1. The summed E-state index contributed by atoms with van der Waals surface area (Å²) in [5.74, 6) is 0.430. The molecule has 0 radical (unpaired) electrons. The molecule has 1 aromatic carbocycles. The number of halogens is 1. The van der Waals surface area contributed by atoms with E-state index in [1.807, 2.05) is 6.92 Å². The summed E-state index contributed by atoms with van der Waals surface area (Å²) in [6.07, 6.45) is 0. The Morgan fingerprint density at radius 1 is 1.47 bits per heavy atom. The maximum atomic E-state index is 11.7. The molecule has 3 heteroatoms. The van der Waals surface area contributed by atoms with Gasteiger partial charge in [0.15, 0.2) is 0 Å². The highest BCUT2D eigenvalue weighted by molar-refractivity contribution is 6.30. The van der Waals surface area contributed by atoms with Gasteiger partial charge in [-0.3, -0.25) is 4.79 Å². The van der Waals surface area contributed by atoms with Gasteiger partial charge >= 0.3 is 0 Å². The zero-order valence-corrected chi connectivity index (χ0v) is 10.1. The van der Waals surface area contributed by atoms with Crippen molar-refractivity contribution in [3.8, 4) is 0 Å². The molecule has 0 saturated carbocycles. The number of benzene rings is 1. The monoisotopic (exact) mass is 225 g/mol. The van der Waals surface area contributed by atoms with Crippen molar-refractivity contribution in [3.63, 3.8) is 0 Å². The molecule has 0 fully saturated rings. The predicted molar refractivity (Wildman–Crippen MR) is 63.4 cm³/mol. The molecular formula is C12H16ClNO. The molecule has 2 nitrogen and oxygen atoms in total. The summed E-state index contributed by atoms with van der Waals surface area (Å²) < 4.78 is 0. The van der Waals surface area contributed by atoms with E-state index in [-0.39, 0.29) is 5.91 Å². The van der Waals surface area contributed by atoms with Gasteiger partial charge in [-0.1, -0.05) is 25.4 Å². The highest BCUT2D eigenvalue weighted by Crippen LogP contribution is 2.14. The Morgan fingerprint density at radius 3 is 2.67 bits per heavy atom. The number of hydrogen-bond acceptors (Lipinski definition) is 1. The van der Waals surface area contributed by atoms with Gasteiger partial charge in [-0.25, -0.2) is 0 Å². The fourth-order valence-electron chi connectivity index (χ4n) is 1.27. The standard InChI is InChI=1S/C12H16ClNO/c1-8(2)7-14-12(15)11-5-4-10(13)6-9(11)3/h4-6,8H,7H2,1-3H3,(H,14,15). The van der Waals surface area contributed by atoms with Gasteiger partial charge in [0.25, 0.3) is 5.91 Å². The SMILES string of the molecule is Cc1cc(Cl)ccc1C(=O)NCC(C)C. The van der Waals surface area contributed by atoms with Gasteiger partial charge in [0, 0.05) is 17.1 Å².